The number of nitrogens with one attached hydrogen (secondary N) is 1. The second-order valence-corrected chi connectivity index (χ2v) is 6.24. The number of hydrogen-bond acceptors (Lipinski definition) is 4. The van der Waals surface area contributed by atoms with Crippen LogP contribution in [-0.2, 0) is 11.0 Å². The Hall–Kier alpha value is -2.68. The monoisotopic (exact) mass is 396 g/mol. The summed E-state index contributed by atoms with van der Waals surface area (Å²) in [5.41, 5.74) is 1.46. The van der Waals surface area contributed by atoms with E-state index in [0.29, 0.717) is 6.41 Å². The predicted molar refractivity (Wildman–Crippen MR) is 102 cm³/mol. The highest BCUT2D eigenvalue weighted by Gasteiger charge is 2.34. The number of rotatable bonds is 5. The lowest BCUT2D eigenvalue weighted by atomic mass is 10.1. The van der Waals surface area contributed by atoms with Gasteiger partial charge in [-0.15, -0.1) is 11.3 Å². The van der Waals surface area contributed by atoms with Gasteiger partial charge in [-0.25, -0.2) is 4.98 Å². The third-order valence-electron chi connectivity index (χ3n) is 3.55. The number of allylic oxidation sites excluding steroid dienone is 4. The van der Waals surface area contributed by atoms with Crippen LogP contribution in [0, 0.1) is 0 Å². The zero-order chi connectivity index (χ0) is 19.9. The van der Waals surface area contributed by atoms with E-state index < -0.39 is 11.9 Å². The number of fused-ring (bicyclic) bond motifs is 1. The lowest BCUT2D eigenvalue weighted by Gasteiger charge is -2.07. The van der Waals surface area contributed by atoms with Crippen LogP contribution in [0.3, 0.4) is 0 Å². The van der Waals surface area contributed by atoms with E-state index >= 15 is 0 Å². The van der Waals surface area contributed by atoms with Gasteiger partial charge in [-0.1, -0.05) is 31.7 Å². The summed E-state index contributed by atoms with van der Waals surface area (Å²) in [6.45, 7) is 6.80. The van der Waals surface area contributed by atoms with E-state index in [2.05, 4.69) is 47.0 Å². The van der Waals surface area contributed by atoms with Crippen LogP contribution in [0.2, 0.25) is 0 Å². The van der Waals surface area contributed by atoms with Crippen molar-refractivity contribution in [2.24, 2.45) is 4.99 Å². The van der Waals surface area contributed by atoms with Crippen LogP contribution >= 0.6 is 11.3 Å². The number of carbonyl (C=O) groups excluding carboxylic acids is 1. The average Bonchev–Trinajstić information content (AvgIpc) is 3.23. The van der Waals surface area contributed by atoms with Gasteiger partial charge in [0.2, 0.25) is 6.41 Å². The fraction of sp³-hybridized carbons (Fsp3) is 0.278. The smallest absolute Gasteiger partial charge is 0.311 e. The molecule has 1 aliphatic heterocycles. The van der Waals surface area contributed by atoms with Gasteiger partial charge in [-0.05, 0) is 24.5 Å². The highest BCUT2D eigenvalue weighted by molar-refractivity contribution is 7.16. The number of anilines is 1. The summed E-state index contributed by atoms with van der Waals surface area (Å²) in [5.74, 6) is 0.130. The number of aliphatic imine (C=N–C) groups is 1. The molecule has 2 aromatic rings. The van der Waals surface area contributed by atoms with Gasteiger partial charge in [0.05, 0.1) is 5.71 Å². The molecule has 3 heterocycles. The Morgan fingerprint density at radius 3 is 2.85 bits per heavy atom. The molecule has 0 aromatic carbocycles. The van der Waals surface area contributed by atoms with Crippen molar-refractivity contribution in [2.75, 3.05) is 11.9 Å². The number of dihydropyridines is 1. The van der Waals surface area contributed by atoms with Gasteiger partial charge in [0.25, 0.3) is 0 Å². The standard InChI is InChI=1S/C11H15N.C7H4F3N3OS/c1-3-5-8-11-10(4-2)7-6-9-12-11;8-7(9,10)4-1-15-6-5(12-3-14)11-2-13(4)6/h4-5,7-8H,2-3,6,9H2,1H3;1-3H,(H,12,14)/b8-5+;. The lowest BCUT2D eigenvalue weighted by molar-refractivity contribution is -0.141. The molecule has 0 bridgehead atoms. The zero-order valence-corrected chi connectivity index (χ0v) is 15.5. The van der Waals surface area contributed by atoms with E-state index in [1.165, 1.54) is 5.57 Å². The molecule has 0 unspecified atom stereocenters. The number of alkyl halides is 3. The Labute approximate surface area is 158 Å². The first-order chi connectivity index (χ1) is 12.9. The van der Waals surface area contributed by atoms with Crippen molar-refractivity contribution in [3.63, 3.8) is 0 Å². The molecule has 0 saturated carbocycles. The molecule has 1 aliphatic rings. The predicted octanol–water partition coefficient (Wildman–Crippen LogP) is 4.89. The average molecular weight is 396 g/mol. The molecule has 5 nitrogen and oxygen atoms in total. The van der Waals surface area contributed by atoms with E-state index in [0.717, 1.165) is 52.5 Å². The van der Waals surface area contributed by atoms with Crippen LogP contribution in [-0.4, -0.2) is 28.1 Å². The maximum Gasteiger partial charge on any atom is 0.432 e. The van der Waals surface area contributed by atoms with Crippen LogP contribution in [0.4, 0.5) is 19.0 Å². The van der Waals surface area contributed by atoms with Crippen LogP contribution in [0.5, 0.6) is 0 Å². The van der Waals surface area contributed by atoms with Crippen LogP contribution < -0.4 is 5.32 Å². The van der Waals surface area contributed by atoms with Crippen LogP contribution in [0.1, 0.15) is 25.5 Å². The highest BCUT2D eigenvalue weighted by atomic mass is 32.1. The van der Waals surface area contributed by atoms with E-state index in [9.17, 15) is 18.0 Å². The molecule has 0 aliphatic carbocycles. The molecule has 0 radical (unpaired) electrons. The SMILES string of the molecule is C=CC1=CCCN=C1/C=C/CC.O=CNc1ncn2c(C(F)(F)F)csc12. The first kappa shape index (κ1) is 20.6. The summed E-state index contributed by atoms with van der Waals surface area (Å²) in [7, 11) is 0. The molecule has 2 aromatic heterocycles. The lowest BCUT2D eigenvalue weighted by Crippen LogP contribution is -2.07. The molecule has 0 atom stereocenters. The Kier molecular flexibility index (Phi) is 7.12. The second-order valence-electron chi connectivity index (χ2n) is 5.38. The first-order valence-corrected chi connectivity index (χ1v) is 9.06. The Morgan fingerprint density at radius 1 is 1.44 bits per heavy atom. The van der Waals surface area contributed by atoms with Crippen molar-refractivity contribution < 1.29 is 18.0 Å². The molecular formula is C18H19F3N4OS. The number of halogens is 3. The van der Waals surface area contributed by atoms with Crippen LogP contribution in [0.15, 0.2) is 53.2 Å². The quantitative estimate of drug-likeness (QED) is 0.732. The van der Waals surface area contributed by atoms with Crippen molar-refractivity contribution in [1.29, 1.82) is 0 Å². The van der Waals surface area contributed by atoms with Gasteiger partial charge in [-0.3, -0.25) is 14.2 Å². The zero-order valence-electron chi connectivity index (χ0n) is 14.7. The van der Waals surface area contributed by atoms with Crippen molar-refractivity contribution >= 4 is 34.1 Å². The molecule has 3 rings (SSSR count). The third kappa shape index (κ3) is 5.16. The second kappa shape index (κ2) is 9.31. The summed E-state index contributed by atoms with van der Waals surface area (Å²) in [4.78, 5) is 18.5. The van der Waals surface area contributed by atoms with Crippen LogP contribution in [0.25, 0.3) is 4.83 Å². The minimum atomic E-state index is -4.42. The van der Waals surface area contributed by atoms with Gasteiger partial charge >= 0.3 is 6.18 Å². The van der Waals surface area contributed by atoms with Gasteiger partial charge in [0, 0.05) is 11.9 Å². The largest absolute Gasteiger partial charge is 0.432 e. The van der Waals surface area contributed by atoms with E-state index in [-0.39, 0.29) is 10.6 Å². The van der Waals surface area contributed by atoms with Crippen molar-refractivity contribution in [3.8, 4) is 0 Å². The van der Waals surface area contributed by atoms with E-state index in [1.54, 1.807) is 0 Å². The molecule has 1 amide bonds. The summed E-state index contributed by atoms with van der Waals surface area (Å²) < 4.78 is 38.1. The van der Waals surface area contributed by atoms with Gasteiger partial charge < -0.3 is 5.32 Å². The first-order valence-electron chi connectivity index (χ1n) is 8.18. The number of hydrogen-bond donors (Lipinski definition) is 1. The normalized spacial score (nSPS) is 14.4. The number of carbonyl (C=O) groups is 1. The van der Waals surface area contributed by atoms with Gasteiger partial charge in [-0.2, -0.15) is 13.2 Å². The fourth-order valence-electron chi connectivity index (χ4n) is 2.32. The highest BCUT2D eigenvalue weighted by Crippen LogP contribution is 2.34. The Morgan fingerprint density at radius 2 is 2.22 bits per heavy atom. The van der Waals surface area contributed by atoms with Crippen molar-refractivity contribution in [3.05, 3.63) is 53.9 Å². The summed E-state index contributed by atoms with van der Waals surface area (Å²) in [6, 6.07) is 0. The minimum absolute atomic E-state index is 0.130. The Balaban J connectivity index is 0.000000199. The summed E-state index contributed by atoms with van der Waals surface area (Å²) >= 11 is 0.873. The maximum atomic E-state index is 12.4. The number of amides is 1. The maximum absolute atomic E-state index is 12.4. The van der Waals surface area contributed by atoms with E-state index in [4.69, 9.17) is 0 Å². The molecule has 144 valence electrons. The Bertz CT molecular complexity index is 890. The third-order valence-corrected chi connectivity index (χ3v) is 4.51. The molecule has 1 N–H and O–H groups in total. The molecule has 0 fully saturated rings. The van der Waals surface area contributed by atoms with E-state index in [1.807, 2.05) is 6.08 Å². The van der Waals surface area contributed by atoms with Crippen molar-refractivity contribution in [1.82, 2.24) is 9.38 Å². The summed E-state index contributed by atoms with van der Waals surface area (Å²) in [5, 5.41) is 3.21. The molecule has 27 heavy (non-hydrogen) atoms. The summed E-state index contributed by atoms with van der Waals surface area (Å²) in [6.07, 6.45) is 7.35. The number of imidazole rings is 1. The molecule has 9 heteroatoms. The molecule has 0 saturated heterocycles. The fourth-order valence-corrected chi connectivity index (χ4v) is 3.27. The minimum Gasteiger partial charge on any atom is -0.311 e. The molecule has 0 spiro atoms. The van der Waals surface area contributed by atoms with Crippen molar-refractivity contribution in [2.45, 2.75) is 25.9 Å². The molecular weight excluding hydrogens is 377 g/mol. The number of thiazole rings is 1. The van der Waals surface area contributed by atoms with Gasteiger partial charge in [0.1, 0.15) is 16.9 Å². The number of nitrogens with zero attached hydrogens (tertiary/aromatic N) is 3. The topological polar surface area (TPSA) is 58.8 Å². The number of aromatic nitrogens is 2. The van der Waals surface area contributed by atoms with Gasteiger partial charge in [0.15, 0.2) is 5.82 Å².